The third-order valence-corrected chi connectivity index (χ3v) is 4.31. The Labute approximate surface area is 122 Å². The van der Waals surface area contributed by atoms with Crippen LogP contribution in [0, 0.1) is 6.92 Å². The molecule has 4 rings (SSSR count). The fourth-order valence-corrected chi connectivity index (χ4v) is 3.37. The van der Waals surface area contributed by atoms with Crippen molar-refractivity contribution in [3.8, 4) is 0 Å². The summed E-state index contributed by atoms with van der Waals surface area (Å²) in [6, 6.07) is 3.55. The van der Waals surface area contributed by atoms with Crippen molar-refractivity contribution in [2.45, 2.75) is 12.3 Å². The largest absolute Gasteiger partial charge is 0.456 e. The van der Waals surface area contributed by atoms with Crippen molar-refractivity contribution >= 4 is 11.7 Å². The van der Waals surface area contributed by atoms with Crippen LogP contribution in [-0.4, -0.2) is 47.5 Å². The van der Waals surface area contributed by atoms with Crippen LogP contribution >= 0.6 is 0 Å². The number of hydrogen-bond acceptors (Lipinski definition) is 5. The predicted molar refractivity (Wildman–Crippen MR) is 76.3 cm³/mol. The van der Waals surface area contributed by atoms with Gasteiger partial charge in [-0.25, -0.2) is 4.98 Å². The lowest BCUT2D eigenvalue weighted by atomic mass is 9.78. The normalized spacial score (nSPS) is 18.8. The summed E-state index contributed by atoms with van der Waals surface area (Å²) < 4.78 is 5.41. The van der Waals surface area contributed by atoms with E-state index in [-0.39, 0.29) is 11.3 Å². The standard InChI is InChI=1S/C15H16N4O2/c1-10-3-4-11(21-10)14(20)19-8-15(9-19)7-18(2)13-12(15)16-5-6-17-13/h3-6H,7-9H2,1-2H3. The van der Waals surface area contributed by atoms with Gasteiger partial charge in [0.05, 0.1) is 11.1 Å². The van der Waals surface area contributed by atoms with E-state index in [1.54, 1.807) is 18.5 Å². The van der Waals surface area contributed by atoms with Crippen molar-refractivity contribution in [1.29, 1.82) is 0 Å². The number of aryl methyl sites for hydroxylation is 1. The van der Waals surface area contributed by atoms with Gasteiger partial charge in [0.2, 0.25) is 0 Å². The van der Waals surface area contributed by atoms with Gasteiger partial charge in [0.1, 0.15) is 5.76 Å². The summed E-state index contributed by atoms with van der Waals surface area (Å²) in [4.78, 5) is 25.2. The van der Waals surface area contributed by atoms with Crippen molar-refractivity contribution in [1.82, 2.24) is 14.9 Å². The molecule has 0 radical (unpaired) electrons. The number of likely N-dealkylation sites (N-methyl/N-ethyl adjacent to an activating group) is 1. The molecule has 21 heavy (non-hydrogen) atoms. The Morgan fingerprint density at radius 3 is 2.71 bits per heavy atom. The first-order chi connectivity index (χ1) is 10.1. The Kier molecular flexibility index (Phi) is 2.40. The van der Waals surface area contributed by atoms with Crippen molar-refractivity contribution in [2.75, 3.05) is 31.6 Å². The fraction of sp³-hybridized carbons (Fsp3) is 0.400. The number of fused-ring (bicyclic) bond motifs is 2. The zero-order chi connectivity index (χ0) is 14.6. The lowest BCUT2D eigenvalue weighted by molar-refractivity contribution is 0.0387. The van der Waals surface area contributed by atoms with Crippen LogP contribution < -0.4 is 4.90 Å². The topological polar surface area (TPSA) is 62.5 Å². The van der Waals surface area contributed by atoms with Gasteiger partial charge >= 0.3 is 0 Å². The molecule has 0 aromatic carbocycles. The molecule has 2 aromatic rings. The first kappa shape index (κ1) is 12.4. The maximum atomic E-state index is 12.4. The minimum absolute atomic E-state index is 0.0475. The lowest BCUT2D eigenvalue weighted by Crippen LogP contribution is -2.63. The molecule has 0 saturated carbocycles. The average Bonchev–Trinajstić information content (AvgIpc) is 2.99. The van der Waals surface area contributed by atoms with Crippen LogP contribution in [0.15, 0.2) is 28.9 Å². The molecule has 4 heterocycles. The summed E-state index contributed by atoms with van der Waals surface area (Å²) in [6.45, 7) is 4.03. The van der Waals surface area contributed by atoms with Crippen LogP contribution in [0.3, 0.4) is 0 Å². The number of hydrogen-bond donors (Lipinski definition) is 0. The van der Waals surface area contributed by atoms with E-state index < -0.39 is 0 Å². The first-order valence-corrected chi connectivity index (χ1v) is 6.97. The first-order valence-electron chi connectivity index (χ1n) is 6.97. The van der Waals surface area contributed by atoms with E-state index in [0.717, 1.165) is 23.8 Å². The van der Waals surface area contributed by atoms with Gasteiger partial charge in [-0.1, -0.05) is 0 Å². The summed E-state index contributed by atoms with van der Waals surface area (Å²) >= 11 is 0. The number of amides is 1. The zero-order valence-electron chi connectivity index (χ0n) is 12.0. The van der Waals surface area contributed by atoms with Gasteiger partial charge in [-0.15, -0.1) is 0 Å². The van der Waals surface area contributed by atoms with E-state index >= 15 is 0 Å². The van der Waals surface area contributed by atoms with Gasteiger partial charge in [-0.2, -0.15) is 0 Å². The Bertz CT molecular complexity index is 718. The smallest absolute Gasteiger partial charge is 0.289 e. The quantitative estimate of drug-likeness (QED) is 0.788. The third kappa shape index (κ3) is 1.68. The van der Waals surface area contributed by atoms with Crippen molar-refractivity contribution in [2.24, 2.45) is 0 Å². The lowest BCUT2D eigenvalue weighted by Gasteiger charge is -2.47. The highest BCUT2D eigenvalue weighted by atomic mass is 16.3. The molecule has 0 atom stereocenters. The number of aromatic nitrogens is 2. The Balaban J connectivity index is 1.56. The molecule has 1 spiro atoms. The average molecular weight is 284 g/mol. The molecule has 1 amide bonds. The van der Waals surface area contributed by atoms with Crippen molar-refractivity contribution < 1.29 is 9.21 Å². The molecule has 0 aliphatic carbocycles. The maximum absolute atomic E-state index is 12.4. The van der Waals surface area contributed by atoms with E-state index in [4.69, 9.17) is 4.42 Å². The Morgan fingerprint density at radius 1 is 1.24 bits per heavy atom. The fourth-order valence-electron chi connectivity index (χ4n) is 3.37. The zero-order valence-corrected chi connectivity index (χ0v) is 12.0. The van der Waals surface area contributed by atoms with E-state index in [1.807, 2.05) is 24.9 Å². The van der Waals surface area contributed by atoms with E-state index in [1.165, 1.54) is 0 Å². The van der Waals surface area contributed by atoms with Crippen LogP contribution in [-0.2, 0) is 5.41 Å². The minimum Gasteiger partial charge on any atom is -0.456 e. The van der Waals surface area contributed by atoms with Crippen LogP contribution in [0.5, 0.6) is 0 Å². The number of carbonyl (C=O) groups excluding carboxylic acids is 1. The molecule has 108 valence electrons. The van der Waals surface area contributed by atoms with Crippen LogP contribution in [0.4, 0.5) is 5.82 Å². The molecule has 2 aromatic heterocycles. The Hall–Kier alpha value is -2.37. The number of rotatable bonds is 1. The molecule has 0 unspecified atom stereocenters. The number of likely N-dealkylation sites (tertiary alicyclic amines) is 1. The molecular weight excluding hydrogens is 268 g/mol. The molecule has 2 aliphatic rings. The minimum atomic E-state index is -0.0738. The SMILES string of the molecule is Cc1ccc(C(=O)N2CC3(C2)CN(C)c2nccnc23)o1. The van der Waals surface area contributed by atoms with Crippen molar-refractivity contribution in [3.05, 3.63) is 41.7 Å². The number of carbonyl (C=O) groups is 1. The number of nitrogens with zero attached hydrogens (tertiary/aromatic N) is 4. The van der Waals surface area contributed by atoms with E-state index in [0.29, 0.717) is 18.8 Å². The van der Waals surface area contributed by atoms with Crippen LogP contribution in [0.2, 0.25) is 0 Å². The summed E-state index contributed by atoms with van der Waals surface area (Å²) in [6.07, 6.45) is 3.43. The second kappa shape index (κ2) is 4.07. The molecule has 1 saturated heterocycles. The monoisotopic (exact) mass is 284 g/mol. The summed E-state index contributed by atoms with van der Waals surface area (Å²) in [7, 11) is 2.02. The van der Waals surface area contributed by atoms with Gasteiger partial charge in [0.25, 0.3) is 5.91 Å². The second-order valence-corrected chi connectivity index (χ2v) is 5.94. The molecular formula is C15H16N4O2. The molecule has 6 heteroatoms. The highest BCUT2D eigenvalue weighted by Crippen LogP contribution is 2.43. The predicted octanol–water partition coefficient (Wildman–Crippen LogP) is 1.22. The van der Waals surface area contributed by atoms with Gasteiger partial charge in [0.15, 0.2) is 11.6 Å². The molecule has 2 aliphatic heterocycles. The third-order valence-electron chi connectivity index (χ3n) is 4.31. The summed E-state index contributed by atoms with van der Waals surface area (Å²) in [5.41, 5.74) is 0.933. The Morgan fingerprint density at radius 2 is 2.00 bits per heavy atom. The summed E-state index contributed by atoms with van der Waals surface area (Å²) in [5.74, 6) is 2.05. The molecule has 1 fully saturated rings. The van der Waals surface area contributed by atoms with Gasteiger partial charge in [0, 0.05) is 39.1 Å². The second-order valence-electron chi connectivity index (χ2n) is 5.94. The molecule has 6 nitrogen and oxygen atoms in total. The number of anilines is 1. The van der Waals surface area contributed by atoms with Gasteiger partial charge in [-0.3, -0.25) is 9.78 Å². The summed E-state index contributed by atoms with van der Waals surface area (Å²) in [5, 5.41) is 0. The highest BCUT2D eigenvalue weighted by Gasteiger charge is 2.54. The van der Waals surface area contributed by atoms with Crippen molar-refractivity contribution in [3.63, 3.8) is 0 Å². The van der Waals surface area contributed by atoms with Gasteiger partial charge < -0.3 is 14.2 Å². The van der Waals surface area contributed by atoms with E-state index in [2.05, 4.69) is 14.9 Å². The molecule has 0 bridgehead atoms. The van der Waals surface area contributed by atoms with E-state index in [9.17, 15) is 4.79 Å². The number of furan rings is 1. The van der Waals surface area contributed by atoms with Crippen LogP contribution in [0.25, 0.3) is 0 Å². The highest BCUT2D eigenvalue weighted by molar-refractivity contribution is 5.92. The van der Waals surface area contributed by atoms with Crippen LogP contribution in [0.1, 0.15) is 22.0 Å². The molecule has 0 N–H and O–H groups in total. The maximum Gasteiger partial charge on any atom is 0.289 e. The van der Waals surface area contributed by atoms with Gasteiger partial charge in [-0.05, 0) is 19.1 Å².